The van der Waals surface area contributed by atoms with E-state index in [2.05, 4.69) is 110 Å². The number of nitrogens with zero attached hydrogens (tertiary/aromatic N) is 4. The zero-order valence-corrected chi connectivity index (χ0v) is 20.9. The van der Waals surface area contributed by atoms with Gasteiger partial charge >= 0.3 is 0 Å². The van der Waals surface area contributed by atoms with Gasteiger partial charge in [0.05, 0.1) is 24.5 Å². The van der Waals surface area contributed by atoms with Crippen molar-refractivity contribution in [3.05, 3.63) is 108 Å². The topological polar surface area (TPSA) is 35.6 Å². The monoisotopic (exact) mass is 482 g/mol. The van der Waals surface area contributed by atoms with Crippen molar-refractivity contribution in [1.29, 1.82) is 0 Å². The highest BCUT2D eigenvalue weighted by Gasteiger charge is 2.09. The van der Waals surface area contributed by atoms with Gasteiger partial charge in [-0.1, -0.05) is 60.7 Å². The summed E-state index contributed by atoms with van der Waals surface area (Å²) in [6.45, 7) is 1.50. The Morgan fingerprint density at radius 2 is 0.971 bits per heavy atom. The Balaban J connectivity index is 1.26. The van der Waals surface area contributed by atoms with Crippen LogP contribution in [-0.2, 0) is 13.1 Å². The first-order valence-corrected chi connectivity index (χ1v) is 13.6. The van der Waals surface area contributed by atoms with E-state index in [1.165, 1.54) is 32.0 Å². The lowest BCUT2D eigenvalue weighted by molar-refractivity contribution is 0.681. The Morgan fingerprint density at radius 3 is 1.38 bits per heavy atom. The fourth-order valence-corrected chi connectivity index (χ4v) is 5.24. The molecule has 0 aliphatic rings. The van der Waals surface area contributed by atoms with E-state index in [1.807, 2.05) is 9.36 Å². The van der Waals surface area contributed by atoms with Crippen LogP contribution in [0.3, 0.4) is 0 Å². The number of aromatic nitrogens is 4. The maximum atomic E-state index is 4.81. The lowest BCUT2D eigenvalue weighted by Gasteiger charge is -2.07. The predicted molar refractivity (Wildman–Crippen MR) is 144 cm³/mol. The van der Waals surface area contributed by atoms with Crippen molar-refractivity contribution in [3.8, 4) is 22.5 Å². The lowest BCUT2D eigenvalue weighted by Crippen LogP contribution is -2.03. The molecule has 0 bridgehead atoms. The molecule has 0 saturated carbocycles. The normalized spacial score (nSPS) is 11.1. The van der Waals surface area contributed by atoms with E-state index < -0.39 is 0 Å². The third kappa shape index (κ3) is 4.98. The van der Waals surface area contributed by atoms with Crippen molar-refractivity contribution in [2.45, 2.75) is 22.9 Å². The first kappa shape index (κ1) is 22.6. The number of hydrogen-bond acceptors (Lipinski definition) is 4. The highest BCUT2D eigenvalue weighted by molar-refractivity contribution is 7.99. The van der Waals surface area contributed by atoms with E-state index in [9.17, 15) is 0 Å². The molecule has 5 rings (SSSR count). The molecule has 4 nitrogen and oxygen atoms in total. The molecule has 0 amide bonds. The van der Waals surface area contributed by atoms with Crippen LogP contribution in [0.5, 0.6) is 0 Å². The summed E-state index contributed by atoms with van der Waals surface area (Å²) in [5.74, 6) is 0. The molecule has 34 heavy (non-hydrogen) atoms. The van der Waals surface area contributed by atoms with Gasteiger partial charge in [-0.05, 0) is 47.9 Å². The molecular weight excluding hydrogens is 456 g/mol. The summed E-state index contributed by atoms with van der Waals surface area (Å²) in [5.41, 5.74) is 6.85. The lowest BCUT2D eigenvalue weighted by atomic mass is 10.1. The molecular formula is C28H26N4S2. The quantitative estimate of drug-likeness (QED) is 0.224. The van der Waals surface area contributed by atoms with Gasteiger partial charge in [-0.15, -0.1) is 23.5 Å². The second-order valence-electron chi connectivity index (χ2n) is 8.01. The second-order valence-corrected chi connectivity index (χ2v) is 9.71. The minimum absolute atomic E-state index is 0.749. The maximum Gasteiger partial charge on any atom is 0.0934 e. The van der Waals surface area contributed by atoms with Crippen molar-refractivity contribution in [1.82, 2.24) is 19.6 Å². The summed E-state index contributed by atoms with van der Waals surface area (Å²) in [4.78, 5) is 2.49. The fourth-order valence-electron chi connectivity index (χ4n) is 4.02. The molecule has 170 valence electrons. The summed E-state index contributed by atoms with van der Waals surface area (Å²) < 4.78 is 4.01. The molecule has 0 spiro atoms. The van der Waals surface area contributed by atoms with E-state index in [0.717, 1.165) is 24.5 Å². The van der Waals surface area contributed by atoms with Crippen LogP contribution in [0, 0.1) is 0 Å². The smallest absolute Gasteiger partial charge is 0.0934 e. The Hall–Kier alpha value is -3.22. The van der Waals surface area contributed by atoms with Crippen LogP contribution < -0.4 is 0 Å². The molecule has 0 saturated heterocycles. The third-order valence-electron chi connectivity index (χ3n) is 5.76. The predicted octanol–water partition coefficient (Wildman–Crippen LogP) is 6.95. The van der Waals surface area contributed by atoms with E-state index in [4.69, 9.17) is 10.2 Å². The second kappa shape index (κ2) is 10.4. The zero-order valence-electron chi connectivity index (χ0n) is 19.3. The third-order valence-corrected chi connectivity index (χ3v) is 7.35. The van der Waals surface area contributed by atoms with Crippen LogP contribution in [0.1, 0.15) is 11.1 Å². The maximum absolute atomic E-state index is 4.81. The Kier molecular flexibility index (Phi) is 6.88. The van der Waals surface area contributed by atoms with Crippen LogP contribution in [0.4, 0.5) is 0 Å². The van der Waals surface area contributed by atoms with E-state index in [-0.39, 0.29) is 0 Å². The summed E-state index contributed by atoms with van der Waals surface area (Å²) >= 11 is 3.50. The minimum Gasteiger partial charge on any atom is -0.268 e. The fraction of sp³-hybridized carbons (Fsp3) is 0.143. The molecule has 0 unspecified atom stereocenters. The highest BCUT2D eigenvalue weighted by Crippen LogP contribution is 2.29. The summed E-state index contributed by atoms with van der Waals surface area (Å²) in [5, 5.41) is 9.62. The molecule has 6 heteroatoms. The molecule has 2 aromatic heterocycles. The van der Waals surface area contributed by atoms with Gasteiger partial charge in [-0.3, -0.25) is 9.36 Å². The molecule has 2 heterocycles. The molecule has 5 aromatic rings. The molecule has 0 aliphatic carbocycles. The average Bonchev–Trinajstić information content (AvgIpc) is 3.55. The van der Waals surface area contributed by atoms with Crippen LogP contribution in [-0.4, -0.2) is 32.1 Å². The number of rotatable bonds is 8. The van der Waals surface area contributed by atoms with Crippen LogP contribution in [0.25, 0.3) is 22.5 Å². The average molecular weight is 483 g/mol. The van der Waals surface area contributed by atoms with Gasteiger partial charge in [0.15, 0.2) is 0 Å². The van der Waals surface area contributed by atoms with Crippen LogP contribution in [0.15, 0.2) is 107 Å². The molecule has 0 radical (unpaired) electrons. The Labute approximate surface area is 209 Å². The summed E-state index contributed by atoms with van der Waals surface area (Å²) in [7, 11) is 0. The molecule has 0 aliphatic heterocycles. The first-order valence-electron chi connectivity index (χ1n) is 11.1. The van der Waals surface area contributed by atoms with Gasteiger partial charge in [-0.25, -0.2) is 0 Å². The van der Waals surface area contributed by atoms with E-state index in [1.54, 1.807) is 23.5 Å². The number of benzene rings is 3. The molecule has 0 fully saturated rings. The van der Waals surface area contributed by atoms with Gasteiger partial charge in [-0.2, -0.15) is 10.2 Å². The molecule has 0 atom stereocenters. The van der Waals surface area contributed by atoms with Gasteiger partial charge in [0.25, 0.3) is 0 Å². The summed E-state index contributed by atoms with van der Waals surface area (Å²) in [6.07, 6.45) is 8.31. The minimum atomic E-state index is 0.749. The Morgan fingerprint density at radius 1 is 0.559 bits per heavy atom. The largest absolute Gasteiger partial charge is 0.268 e. The van der Waals surface area contributed by atoms with Crippen LogP contribution in [0.2, 0.25) is 0 Å². The van der Waals surface area contributed by atoms with Crippen molar-refractivity contribution >= 4 is 23.5 Å². The van der Waals surface area contributed by atoms with Crippen molar-refractivity contribution in [3.63, 3.8) is 0 Å². The molecule has 0 N–H and O–H groups in total. The molecule has 3 aromatic carbocycles. The summed E-state index contributed by atoms with van der Waals surface area (Å²) in [6, 6.07) is 29.7. The standard InChI is InChI=1S/C28H26N4S2/c1-33-27-9-5-3-7-23(27)25-15-17-31(29-25)19-21-11-13-22(14-12-21)20-32-18-16-26(30-32)24-8-4-6-10-28(24)34-2/h3-18H,19-20H2,1-2H3. The van der Waals surface area contributed by atoms with Crippen LogP contribution >= 0.6 is 23.5 Å². The highest BCUT2D eigenvalue weighted by atomic mass is 32.2. The number of hydrogen-bond donors (Lipinski definition) is 0. The van der Waals surface area contributed by atoms with E-state index >= 15 is 0 Å². The van der Waals surface area contributed by atoms with Gasteiger partial charge in [0, 0.05) is 33.3 Å². The van der Waals surface area contributed by atoms with E-state index in [0.29, 0.717) is 0 Å². The van der Waals surface area contributed by atoms with Gasteiger partial charge in [0.1, 0.15) is 0 Å². The van der Waals surface area contributed by atoms with Gasteiger partial charge < -0.3 is 0 Å². The SMILES string of the molecule is CSc1ccccc1-c1ccn(Cc2ccc(Cn3ccc(-c4ccccc4SC)n3)cc2)n1. The van der Waals surface area contributed by atoms with Crippen molar-refractivity contribution in [2.75, 3.05) is 12.5 Å². The van der Waals surface area contributed by atoms with Crippen molar-refractivity contribution < 1.29 is 0 Å². The number of thioether (sulfide) groups is 2. The zero-order chi connectivity index (χ0) is 23.3. The Bertz CT molecular complexity index is 1280. The van der Waals surface area contributed by atoms with Gasteiger partial charge in [0.2, 0.25) is 0 Å². The first-order chi connectivity index (χ1) is 16.7. The van der Waals surface area contributed by atoms with Crippen molar-refractivity contribution in [2.24, 2.45) is 0 Å².